The first-order valence-electron chi connectivity index (χ1n) is 9.82. The molecular weight excluding hydrogens is 400 g/mol. The van der Waals surface area contributed by atoms with Crippen LogP contribution in [0.25, 0.3) is 21.3 Å². The van der Waals surface area contributed by atoms with Crippen LogP contribution in [0.5, 0.6) is 10.9 Å². The number of methoxy groups -OCH3 is 1. The molecule has 8 heteroatoms. The van der Waals surface area contributed by atoms with E-state index in [9.17, 15) is 4.79 Å². The van der Waals surface area contributed by atoms with E-state index in [-0.39, 0.29) is 12.0 Å². The Morgan fingerprint density at radius 2 is 1.87 bits per heavy atom. The average molecular weight is 420 g/mol. The van der Waals surface area contributed by atoms with E-state index >= 15 is 0 Å². The summed E-state index contributed by atoms with van der Waals surface area (Å²) in [6.45, 7) is 1.24. The maximum absolute atomic E-state index is 12.8. The highest BCUT2D eigenvalue weighted by atomic mass is 32.1. The predicted molar refractivity (Wildman–Crippen MR) is 115 cm³/mol. The number of aromatic nitrogens is 3. The van der Waals surface area contributed by atoms with Gasteiger partial charge >= 0.3 is 0 Å². The number of ether oxygens (including phenoxy) is 2. The molecule has 1 fully saturated rings. The van der Waals surface area contributed by atoms with E-state index in [1.165, 1.54) is 11.3 Å². The van der Waals surface area contributed by atoms with Crippen molar-refractivity contribution in [3.8, 4) is 10.9 Å². The van der Waals surface area contributed by atoms with Gasteiger partial charge < -0.3 is 14.4 Å². The second-order valence-electron chi connectivity index (χ2n) is 7.17. The van der Waals surface area contributed by atoms with Gasteiger partial charge in [-0.1, -0.05) is 23.5 Å². The highest BCUT2D eigenvalue weighted by molar-refractivity contribution is 7.20. The molecule has 0 radical (unpaired) electrons. The monoisotopic (exact) mass is 420 g/mol. The summed E-state index contributed by atoms with van der Waals surface area (Å²) in [5, 5.41) is 0.656. The fraction of sp³-hybridized carbons (Fsp3) is 0.273. The van der Waals surface area contributed by atoms with E-state index in [1.54, 1.807) is 13.3 Å². The lowest BCUT2D eigenvalue weighted by Gasteiger charge is -2.31. The first-order valence-corrected chi connectivity index (χ1v) is 10.6. The Labute approximate surface area is 177 Å². The molecule has 3 heterocycles. The number of carbonyl (C=O) groups excluding carboxylic acids is 1. The molecule has 30 heavy (non-hydrogen) atoms. The highest BCUT2D eigenvalue weighted by Gasteiger charge is 2.26. The van der Waals surface area contributed by atoms with Gasteiger partial charge in [-0.25, -0.2) is 9.97 Å². The molecule has 1 aliphatic rings. The lowest BCUT2D eigenvalue weighted by molar-refractivity contribution is 0.0590. The van der Waals surface area contributed by atoms with Gasteiger partial charge in [-0.15, -0.1) is 0 Å². The second kappa shape index (κ2) is 7.87. The van der Waals surface area contributed by atoms with Crippen LogP contribution in [-0.2, 0) is 0 Å². The van der Waals surface area contributed by atoms with E-state index in [1.807, 2.05) is 47.4 Å². The van der Waals surface area contributed by atoms with Crippen LogP contribution in [-0.4, -0.2) is 52.1 Å². The Hall–Kier alpha value is -3.26. The second-order valence-corrected chi connectivity index (χ2v) is 8.16. The van der Waals surface area contributed by atoms with E-state index < -0.39 is 0 Å². The van der Waals surface area contributed by atoms with Crippen LogP contribution in [0, 0.1) is 0 Å². The van der Waals surface area contributed by atoms with Gasteiger partial charge in [-0.3, -0.25) is 9.78 Å². The molecule has 0 saturated carbocycles. The van der Waals surface area contributed by atoms with Crippen molar-refractivity contribution in [2.75, 3.05) is 20.2 Å². The average Bonchev–Trinajstić information content (AvgIpc) is 3.20. The van der Waals surface area contributed by atoms with E-state index in [2.05, 4.69) is 15.0 Å². The fourth-order valence-corrected chi connectivity index (χ4v) is 4.47. The maximum atomic E-state index is 12.8. The summed E-state index contributed by atoms with van der Waals surface area (Å²) < 4.78 is 12.4. The number of amides is 1. The van der Waals surface area contributed by atoms with Crippen LogP contribution >= 0.6 is 11.3 Å². The fourth-order valence-electron chi connectivity index (χ4n) is 3.61. The van der Waals surface area contributed by atoms with Gasteiger partial charge in [0.2, 0.25) is 0 Å². The Bertz CT molecular complexity index is 1220. The molecule has 152 valence electrons. The van der Waals surface area contributed by atoms with E-state index in [0.29, 0.717) is 24.0 Å². The van der Waals surface area contributed by atoms with Crippen molar-refractivity contribution in [1.82, 2.24) is 19.9 Å². The molecule has 0 unspecified atom stereocenters. The molecule has 2 aromatic heterocycles. The van der Waals surface area contributed by atoms with Gasteiger partial charge in [-0.2, -0.15) is 0 Å². The molecule has 4 aromatic rings. The van der Waals surface area contributed by atoms with E-state index in [0.717, 1.165) is 39.8 Å². The number of para-hydroxylation sites is 2. The number of carbonyl (C=O) groups is 1. The van der Waals surface area contributed by atoms with Crippen molar-refractivity contribution in [3.63, 3.8) is 0 Å². The number of nitrogens with zero attached hydrogens (tertiary/aromatic N) is 4. The number of rotatable bonds is 4. The van der Waals surface area contributed by atoms with Crippen LogP contribution in [0.15, 0.2) is 48.7 Å². The number of benzene rings is 2. The normalized spacial score (nSPS) is 14.9. The van der Waals surface area contributed by atoms with Crippen LogP contribution in [0.4, 0.5) is 0 Å². The minimum absolute atomic E-state index is 0.0409. The molecule has 0 aliphatic carbocycles. The summed E-state index contributed by atoms with van der Waals surface area (Å²) in [5.41, 5.74) is 2.77. The van der Waals surface area contributed by atoms with Gasteiger partial charge in [0.15, 0.2) is 0 Å². The summed E-state index contributed by atoms with van der Waals surface area (Å²) >= 11 is 1.53. The van der Waals surface area contributed by atoms with Gasteiger partial charge in [0, 0.05) is 32.0 Å². The quantitative estimate of drug-likeness (QED) is 0.498. The van der Waals surface area contributed by atoms with Crippen molar-refractivity contribution in [1.29, 1.82) is 0 Å². The molecule has 1 amide bonds. The number of likely N-dealkylation sites (tertiary alicyclic amines) is 1. The minimum Gasteiger partial charge on any atom is -0.497 e. The van der Waals surface area contributed by atoms with Gasteiger partial charge in [0.05, 0.1) is 34.6 Å². The number of fused-ring (bicyclic) bond motifs is 2. The van der Waals surface area contributed by atoms with Crippen molar-refractivity contribution >= 4 is 38.5 Å². The topological polar surface area (TPSA) is 77.4 Å². The van der Waals surface area contributed by atoms with Gasteiger partial charge in [-0.05, 0) is 24.3 Å². The van der Waals surface area contributed by atoms with Gasteiger partial charge in [0.1, 0.15) is 17.5 Å². The molecule has 7 nitrogen and oxygen atoms in total. The summed E-state index contributed by atoms with van der Waals surface area (Å²) in [4.78, 5) is 28.1. The third-order valence-electron chi connectivity index (χ3n) is 5.24. The predicted octanol–water partition coefficient (Wildman–Crippen LogP) is 3.93. The molecule has 0 N–H and O–H groups in total. The van der Waals surface area contributed by atoms with Crippen LogP contribution in [0.3, 0.4) is 0 Å². The van der Waals surface area contributed by atoms with Gasteiger partial charge in [0.25, 0.3) is 11.1 Å². The summed E-state index contributed by atoms with van der Waals surface area (Å²) in [5.74, 6) is 0.696. The number of piperidine rings is 1. The first-order chi connectivity index (χ1) is 14.7. The molecule has 0 atom stereocenters. The number of hydrogen-bond donors (Lipinski definition) is 0. The van der Waals surface area contributed by atoms with Crippen LogP contribution in [0.2, 0.25) is 0 Å². The highest BCUT2D eigenvalue weighted by Crippen LogP contribution is 2.32. The molecular formula is C22H20N4O3S. The lowest BCUT2D eigenvalue weighted by atomic mass is 10.1. The SMILES string of the molecule is COc1ccc2sc(OC3CCN(C(=O)c4cnc5ccccc5n4)CC3)nc2c1. The zero-order valence-corrected chi connectivity index (χ0v) is 17.3. The van der Waals surface area contributed by atoms with Crippen LogP contribution in [0.1, 0.15) is 23.3 Å². The minimum atomic E-state index is -0.0845. The van der Waals surface area contributed by atoms with Crippen molar-refractivity contribution < 1.29 is 14.3 Å². The van der Waals surface area contributed by atoms with Crippen molar-refractivity contribution in [2.45, 2.75) is 18.9 Å². The molecule has 2 aromatic carbocycles. The zero-order chi connectivity index (χ0) is 20.5. The third-order valence-corrected chi connectivity index (χ3v) is 6.17. The van der Waals surface area contributed by atoms with Crippen LogP contribution < -0.4 is 9.47 Å². The molecule has 1 saturated heterocycles. The maximum Gasteiger partial charge on any atom is 0.274 e. The number of hydrogen-bond acceptors (Lipinski definition) is 7. The standard InChI is InChI=1S/C22H20N4O3S/c1-28-15-6-7-20-18(12-15)25-22(30-20)29-14-8-10-26(11-9-14)21(27)19-13-23-16-4-2-3-5-17(16)24-19/h2-7,12-14H,8-11H2,1H3. The zero-order valence-electron chi connectivity index (χ0n) is 16.4. The first kappa shape index (κ1) is 18.7. The number of thiazole rings is 1. The third kappa shape index (κ3) is 3.66. The van der Waals surface area contributed by atoms with E-state index in [4.69, 9.17) is 9.47 Å². The Kier molecular flexibility index (Phi) is 4.92. The Morgan fingerprint density at radius 1 is 1.07 bits per heavy atom. The smallest absolute Gasteiger partial charge is 0.274 e. The Morgan fingerprint density at radius 3 is 2.67 bits per heavy atom. The summed E-state index contributed by atoms with van der Waals surface area (Å²) in [7, 11) is 1.64. The van der Waals surface area contributed by atoms with Crippen molar-refractivity contribution in [3.05, 3.63) is 54.4 Å². The molecule has 0 spiro atoms. The molecule has 5 rings (SSSR count). The summed E-state index contributed by atoms with van der Waals surface area (Å²) in [6.07, 6.45) is 3.11. The van der Waals surface area contributed by atoms with Crippen molar-refractivity contribution in [2.24, 2.45) is 0 Å². The largest absolute Gasteiger partial charge is 0.497 e. The summed E-state index contributed by atoms with van der Waals surface area (Å²) in [6, 6.07) is 13.4. The Balaban J connectivity index is 1.23. The molecule has 0 bridgehead atoms. The molecule has 1 aliphatic heterocycles. The lowest BCUT2D eigenvalue weighted by Crippen LogP contribution is -2.42.